The molecule has 0 radical (unpaired) electrons. The van der Waals surface area contributed by atoms with Crippen molar-refractivity contribution >= 4 is 47.4 Å². The van der Waals surface area contributed by atoms with Gasteiger partial charge in [0.2, 0.25) is 17.7 Å². The Labute approximate surface area is 195 Å². The monoisotopic (exact) mass is 492 g/mol. The van der Waals surface area contributed by atoms with Crippen molar-refractivity contribution in [3.05, 3.63) is 0 Å². The summed E-state index contributed by atoms with van der Waals surface area (Å²) in [7, 11) is 0. The molecular formula is C19H32N4O9S. The van der Waals surface area contributed by atoms with Gasteiger partial charge in [-0.1, -0.05) is 13.8 Å². The predicted octanol–water partition coefficient (Wildman–Crippen LogP) is -1.40. The third-order valence-corrected chi connectivity index (χ3v) is 5.13. The molecule has 0 aliphatic heterocycles. The summed E-state index contributed by atoms with van der Waals surface area (Å²) in [6.45, 7) is 3.27. The molecule has 188 valence electrons. The van der Waals surface area contributed by atoms with E-state index in [1.807, 2.05) is 11.6 Å². The summed E-state index contributed by atoms with van der Waals surface area (Å²) >= 11 is 1.50. The van der Waals surface area contributed by atoms with Crippen LogP contribution in [0.3, 0.4) is 0 Å². The molecule has 0 heterocycles. The molecule has 0 aliphatic rings. The third-order valence-electron chi connectivity index (χ3n) is 4.49. The van der Waals surface area contributed by atoms with Crippen LogP contribution >= 0.6 is 11.8 Å². The van der Waals surface area contributed by atoms with E-state index < -0.39 is 85.0 Å². The van der Waals surface area contributed by atoms with Crippen LogP contribution in [0, 0.1) is 5.92 Å². The maximum absolute atomic E-state index is 12.8. The van der Waals surface area contributed by atoms with Crippen LogP contribution in [0.15, 0.2) is 0 Å². The number of amides is 3. The first-order valence-electron chi connectivity index (χ1n) is 10.1. The molecule has 0 aromatic heterocycles. The predicted molar refractivity (Wildman–Crippen MR) is 118 cm³/mol. The molecule has 0 saturated heterocycles. The lowest BCUT2D eigenvalue weighted by molar-refractivity contribution is -0.147. The first kappa shape index (κ1) is 30.1. The summed E-state index contributed by atoms with van der Waals surface area (Å²) in [4.78, 5) is 70.7. The van der Waals surface area contributed by atoms with Crippen LogP contribution in [0.4, 0.5) is 0 Å². The van der Waals surface area contributed by atoms with Crippen LogP contribution in [0.2, 0.25) is 0 Å². The van der Waals surface area contributed by atoms with Gasteiger partial charge in [-0.3, -0.25) is 24.0 Å². The topological polar surface area (TPSA) is 225 Å². The van der Waals surface area contributed by atoms with Crippen LogP contribution in [0.1, 0.15) is 39.5 Å². The van der Waals surface area contributed by atoms with Crippen molar-refractivity contribution in [3.63, 3.8) is 0 Å². The van der Waals surface area contributed by atoms with Crippen LogP contribution in [-0.4, -0.2) is 87.1 Å². The third kappa shape index (κ3) is 12.1. The van der Waals surface area contributed by atoms with E-state index in [1.165, 1.54) is 11.8 Å². The Balaban J connectivity index is 5.47. The van der Waals surface area contributed by atoms with Gasteiger partial charge in [-0.2, -0.15) is 11.8 Å². The van der Waals surface area contributed by atoms with E-state index in [2.05, 4.69) is 10.6 Å². The van der Waals surface area contributed by atoms with Gasteiger partial charge in [0, 0.05) is 6.42 Å². The van der Waals surface area contributed by atoms with Crippen LogP contribution in [-0.2, 0) is 28.8 Å². The number of rotatable bonds is 16. The summed E-state index contributed by atoms with van der Waals surface area (Å²) in [6, 6.07) is -5.22. The lowest BCUT2D eigenvalue weighted by Gasteiger charge is -2.26. The summed E-state index contributed by atoms with van der Waals surface area (Å²) < 4.78 is 0. The van der Waals surface area contributed by atoms with E-state index in [4.69, 9.17) is 21.1 Å². The Hall–Kier alpha value is -2.87. The van der Waals surface area contributed by atoms with Crippen molar-refractivity contribution in [1.82, 2.24) is 16.0 Å². The SMILES string of the molecule is CSCCC(N)C(=O)NC(C(=O)NC(CCC(=O)O)C(=O)NC(CC(=O)O)C(=O)O)C(C)C. The Bertz CT molecular complexity index is 732. The Morgan fingerprint density at radius 1 is 0.818 bits per heavy atom. The van der Waals surface area contributed by atoms with Gasteiger partial charge in [-0.05, 0) is 30.8 Å². The average molecular weight is 493 g/mol. The maximum atomic E-state index is 12.8. The highest BCUT2D eigenvalue weighted by Crippen LogP contribution is 2.07. The number of carbonyl (C=O) groups excluding carboxylic acids is 3. The Morgan fingerprint density at radius 2 is 1.39 bits per heavy atom. The molecule has 0 aromatic carbocycles. The minimum absolute atomic E-state index is 0.378. The van der Waals surface area contributed by atoms with E-state index in [0.29, 0.717) is 12.2 Å². The summed E-state index contributed by atoms with van der Waals surface area (Å²) in [6.07, 6.45) is 0.386. The van der Waals surface area contributed by atoms with Gasteiger partial charge in [-0.25, -0.2) is 4.79 Å². The van der Waals surface area contributed by atoms with E-state index in [1.54, 1.807) is 13.8 Å². The van der Waals surface area contributed by atoms with Crippen LogP contribution < -0.4 is 21.7 Å². The van der Waals surface area contributed by atoms with Gasteiger partial charge < -0.3 is 37.0 Å². The number of carboxylic acid groups (broad SMARTS) is 3. The zero-order chi connectivity index (χ0) is 25.7. The largest absolute Gasteiger partial charge is 0.481 e. The van der Waals surface area contributed by atoms with Gasteiger partial charge in [0.15, 0.2) is 0 Å². The number of aliphatic carboxylic acids is 3. The molecule has 4 unspecified atom stereocenters. The van der Waals surface area contributed by atoms with Gasteiger partial charge in [0.25, 0.3) is 0 Å². The number of nitrogens with two attached hydrogens (primary N) is 1. The number of thioether (sulfide) groups is 1. The maximum Gasteiger partial charge on any atom is 0.326 e. The minimum atomic E-state index is -1.78. The first-order chi connectivity index (χ1) is 15.3. The smallest absolute Gasteiger partial charge is 0.326 e. The second-order valence-electron chi connectivity index (χ2n) is 7.61. The fourth-order valence-electron chi connectivity index (χ4n) is 2.62. The number of carboxylic acids is 3. The minimum Gasteiger partial charge on any atom is -0.481 e. The van der Waals surface area contributed by atoms with E-state index >= 15 is 0 Å². The highest BCUT2D eigenvalue weighted by Gasteiger charge is 2.32. The van der Waals surface area contributed by atoms with Crippen LogP contribution in [0.5, 0.6) is 0 Å². The van der Waals surface area contributed by atoms with Gasteiger partial charge >= 0.3 is 17.9 Å². The van der Waals surface area contributed by atoms with Crippen molar-refractivity contribution < 1.29 is 44.1 Å². The molecule has 0 saturated carbocycles. The first-order valence-corrected chi connectivity index (χ1v) is 11.5. The molecule has 0 fully saturated rings. The Kier molecular flexibility index (Phi) is 13.7. The fraction of sp³-hybridized carbons (Fsp3) is 0.684. The molecule has 0 aliphatic carbocycles. The molecule has 0 bridgehead atoms. The second-order valence-corrected chi connectivity index (χ2v) is 8.59. The fourth-order valence-corrected chi connectivity index (χ4v) is 3.11. The highest BCUT2D eigenvalue weighted by atomic mass is 32.2. The number of hydrogen-bond donors (Lipinski definition) is 7. The quantitative estimate of drug-likeness (QED) is 0.133. The molecular weight excluding hydrogens is 460 g/mol. The van der Waals surface area contributed by atoms with Crippen molar-refractivity contribution in [1.29, 1.82) is 0 Å². The summed E-state index contributed by atoms with van der Waals surface area (Å²) in [5, 5.41) is 33.7. The number of hydrogen-bond acceptors (Lipinski definition) is 8. The average Bonchev–Trinajstić information content (AvgIpc) is 2.71. The lowest BCUT2D eigenvalue weighted by Crippen LogP contribution is -2.58. The second kappa shape index (κ2) is 15.1. The molecule has 3 amide bonds. The molecule has 0 aromatic rings. The van der Waals surface area contributed by atoms with Crippen molar-refractivity contribution in [2.24, 2.45) is 11.7 Å². The van der Waals surface area contributed by atoms with E-state index in [-0.39, 0.29) is 0 Å². The van der Waals surface area contributed by atoms with Crippen molar-refractivity contribution in [2.45, 2.75) is 63.7 Å². The molecule has 0 spiro atoms. The molecule has 33 heavy (non-hydrogen) atoms. The number of nitrogens with one attached hydrogen (secondary N) is 3. The van der Waals surface area contributed by atoms with Crippen LogP contribution in [0.25, 0.3) is 0 Å². The molecule has 13 nitrogen and oxygen atoms in total. The van der Waals surface area contributed by atoms with Crippen molar-refractivity contribution in [2.75, 3.05) is 12.0 Å². The summed E-state index contributed by atoms with van der Waals surface area (Å²) in [5.74, 6) is -6.59. The van der Waals surface area contributed by atoms with Gasteiger partial charge in [0.1, 0.15) is 18.1 Å². The molecule has 8 N–H and O–H groups in total. The standard InChI is InChI=1S/C19H32N4O9S/c1-9(2)15(23-16(28)10(20)6-7-33-3)18(30)21-11(4-5-13(24)25)17(29)22-12(19(31)32)8-14(26)27/h9-12,15H,4-8,20H2,1-3H3,(H,21,30)(H,22,29)(H,23,28)(H,24,25)(H,26,27)(H,31,32). The molecule has 14 heteroatoms. The number of carbonyl (C=O) groups is 6. The van der Waals surface area contributed by atoms with Gasteiger partial charge in [-0.15, -0.1) is 0 Å². The van der Waals surface area contributed by atoms with E-state index in [0.717, 1.165) is 0 Å². The van der Waals surface area contributed by atoms with E-state index in [9.17, 15) is 28.8 Å². The normalized spacial score (nSPS) is 14.5. The lowest BCUT2D eigenvalue weighted by atomic mass is 10.0. The molecule has 4 atom stereocenters. The molecule has 0 rings (SSSR count). The van der Waals surface area contributed by atoms with Crippen molar-refractivity contribution in [3.8, 4) is 0 Å². The summed E-state index contributed by atoms with van der Waals surface area (Å²) in [5.41, 5.74) is 5.82. The zero-order valence-electron chi connectivity index (χ0n) is 18.7. The zero-order valence-corrected chi connectivity index (χ0v) is 19.5. The van der Waals surface area contributed by atoms with Gasteiger partial charge in [0.05, 0.1) is 12.5 Å². The highest BCUT2D eigenvalue weighted by molar-refractivity contribution is 7.98. The Morgan fingerprint density at radius 3 is 1.85 bits per heavy atom.